The maximum atomic E-state index is 13.0. The van der Waals surface area contributed by atoms with Gasteiger partial charge in [-0.3, -0.25) is 0 Å². The topological polar surface area (TPSA) is 98.8 Å². The van der Waals surface area contributed by atoms with Crippen molar-refractivity contribution >= 4 is 31.0 Å². The van der Waals surface area contributed by atoms with E-state index in [0.29, 0.717) is 55.5 Å². The maximum Gasteiger partial charge on any atom is 0.206 e. The molecular weight excluding hydrogens is 665 g/mol. The van der Waals surface area contributed by atoms with E-state index in [-0.39, 0.29) is 0 Å². The third-order valence-electron chi connectivity index (χ3n) is 11.3. The Hall–Kier alpha value is -3.70. The van der Waals surface area contributed by atoms with Gasteiger partial charge in [0.15, 0.2) is 0 Å². The average molecular weight is 713 g/mol. The van der Waals surface area contributed by atoms with Gasteiger partial charge in [-0.05, 0) is 124 Å². The molecule has 0 spiro atoms. The Morgan fingerprint density at radius 2 is 1.14 bits per heavy atom. The Morgan fingerprint density at radius 1 is 0.620 bits per heavy atom. The first-order chi connectivity index (χ1) is 24.0. The molecule has 4 aliphatic rings. The van der Waals surface area contributed by atoms with Crippen molar-refractivity contribution in [2.45, 2.75) is 82.7 Å². The number of hydrogen-bond acceptors (Lipinski definition) is 8. The molecule has 0 radical (unpaired) electrons. The smallest absolute Gasteiger partial charge is 0.206 e. The van der Waals surface area contributed by atoms with Gasteiger partial charge in [-0.15, -0.1) is 0 Å². The lowest BCUT2D eigenvalue weighted by Crippen LogP contribution is -2.38. The maximum absolute atomic E-state index is 13.0. The van der Waals surface area contributed by atoms with Crippen LogP contribution >= 0.6 is 0 Å². The van der Waals surface area contributed by atoms with Crippen molar-refractivity contribution in [2.24, 2.45) is 5.92 Å². The predicted octanol–water partition coefficient (Wildman–Crippen LogP) is 6.24. The molecule has 0 aliphatic carbocycles. The zero-order valence-corrected chi connectivity index (χ0v) is 30.9. The van der Waals surface area contributed by atoms with Crippen molar-refractivity contribution in [1.29, 1.82) is 0 Å². The summed E-state index contributed by atoms with van der Waals surface area (Å²) in [6.45, 7) is 7.47. The van der Waals surface area contributed by atoms with E-state index in [2.05, 4.69) is 48.4 Å². The molecule has 2 saturated heterocycles. The van der Waals surface area contributed by atoms with Crippen LogP contribution in [-0.4, -0.2) is 68.7 Å². The Bertz CT molecular complexity index is 2060. The van der Waals surface area contributed by atoms with Gasteiger partial charge in [-0.2, -0.15) is 0 Å². The summed E-state index contributed by atoms with van der Waals surface area (Å²) in [6, 6.07) is 30.0. The van der Waals surface area contributed by atoms with Crippen molar-refractivity contribution in [2.75, 3.05) is 43.5 Å². The summed E-state index contributed by atoms with van der Waals surface area (Å²) in [5.74, 6) is 1.30. The summed E-state index contributed by atoms with van der Waals surface area (Å²) >= 11 is 0. The Balaban J connectivity index is 0.000000157. The Kier molecular flexibility index (Phi) is 9.58. The third kappa shape index (κ3) is 6.25. The van der Waals surface area contributed by atoms with Crippen molar-refractivity contribution in [3.8, 4) is 0 Å². The second-order valence-corrected chi connectivity index (χ2v) is 18.3. The predicted molar refractivity (Wildman–Crippen MR) is 200 cm³/mol. The molecule has 0 aromatic heterocycles. The van der Waals surface area contributed by atoms with Crippen molar-refractivity contribution in [3.05, 3.63) is 108 Å². The number of benzene rings is 4. The van der Waals surface area contributed by atoms with E-state index < -0.39 is 19.7 Å². The lowest BCUT2D eigenvalue weighted by molar-refractivity contribution is 0.417. The SMILES string of the molecule is CC1CNCC[C@@H]2c3cc(S(=O)(=O)c4ccccc4)ccc3N(C)[C@@H]12.CC1C[C@@H]2[C@H](CCN1)c1cc(S(=O)(=O)c3ccccc3)ccc1N2C. The molecule has 0 saturated carbocycles. The fourth-order valence-electron chi connectivity index (χ4n) is 8.79. The number of sulfone groups is 2. The molecule has 0 bridgehead atoms. The van der Waals surface area contributed by atoms with Crippen LogP contribution in [0.15, 0.2) is 117 Å². The molecule has 264 valence electrons. The van der Waals surface area contributed by atoms with Crippen LogP contribution < -0.4 is 20.4 Å². The standard InChI is InChI=1S/2C20H24N2O2S/c1-14-13-21-11-10-17-18-12-16(8-9-19(18)22(2)20(14)17)25(23,24)15-6-4-3-5-7-15;1-14-12-20-17(10-11-21-14)18-13-16(8-9-19(18)22(20)2)25(23,24)15-6-4-3-5-7-15/h3-9,12,14,17,20-21H,10-11,13H2,1-2H3;3-9,13-14,17,20-21H,10-12H2,1-2H3/t14?,17-,20+;14?,17-,20-/m11/s1. The molecule has 2 fully saturated rings. The molecule has 8 nitrogen and oxygen atoms in total. The van der Waals surface area contributed by atoms with Gasteiger partial charge in [0.25, 0.3) is 0 Å². The molecular formula is C40H48N4O4S2. The van der Waals surface area contributed by atoms with Gasteiger partial charge in [0.2, 0.25) is 19.7 Å². The zero-order chi connectivity index (χ0) is 35.2. The van der Waals surface area contributed by atoms with Crippen molar-refractivity contribution < 1.29 is 16.8 Å². The fourth-order valence-corrected chi connectivity index (χ4v) is 11.4. The van der Waals surface area contributed by atoms with E-state index in [1.807, 2.05) is 36.4 Å². The zero-order valence-electron chi connectivity index (χ0n) is 29.3. The van der Waals surface area contributed by atoms with Crippen LogP contribution in [0.5, 0.6) is 0 Å². The lowest BCUT2D eigenvalue weighted by Gasteiger charge is -2.30. The highest BCUT2D eigenvalue weighted by molar-refractivity contribution is 7.91. The first-order valence-corrected chi connectivity index (χ1v) is 20.7. The number of nitrogens with zero attached hydrogens (tertiary/aromatic N) is 2. The molecule has 4 aliphatic heterocycles. The van der Waals surface area contributed by atoms with Gasteiger partial charge in [0.1, 0.15) is 0 Å². The van der Waals surface area contributed by atoms with Gasteiger partial charge in [0.05, 0.1) is 19.6 Å². The molecule has 4 aromatic rings. The first kappa shape index (κ1) is 34.7. The van der Waals surface area contributed by atoms with Gasteiger partial charge in [-0.25, -0.2) is 16.8 Å². The minimum absolute atomic E-state index is 0.355. The highest BCUT2D eigenvalue weighted by Crippen LogP contribution is 2.47. The molecule has 2 unspecified atom stereocenters. The quantitative estimate of drug-likeness (QED) is 0.257. The Labute approximate surface area is 297 Å². The minimum Gasteiger partial charge on any atom is -0.371 e. The second-order valence-electron chi connectivity index (χ2n) is 14.4. The summed E-state index contributed by atoms with van der Waals surface area (Å²) in [6.07, 6.45) is 3.17. The van der Waals surface area contributed by atoms with E-state index in [4.69, 9.17) is 0 Å². The molecule has 10 heteroatoms. The molecule has 50 heavy (non-hydrogen) atoms. The number of rotatable bonds is 4. The monoisotopic (exact) mass is 712 g/mol. The van der Waals surface area contributed by atoms with Gasteiger partial charge < -0.3 is 20.4 Å². The van der Waals surface area contributed by atoms with Crippen LogP contribution in [0.2, 0.25) is 0 Å². The van der Waals surface area contributed by atoms with E-state index in [0.717, 1.165) is 38.9 Å². The fraction of sp³-hybridized carbons (Fsp3) is 0.400. The summed E-state index contributed by atoms with van der Waals surface area (Å²) < 4.78 is 51.9. The molecule has 8 rings (SSSR count). The van der Waals surface area contributed by atoms with E-state index in [1.54, 1.807) is 60.7 Å². The second kappa shape index (κ2) is 13.8. The molecule has 2 N–H and O–H groups in total. The Morgan fingerprint density at radius 3 is 1.72 bits per heavy atom. The van der Waals surface area contributed by atoms with E-state index in [1.165, 1.54) is 22.5 Å². The minimum atomic E-state index is -3.47. The highest BCUT2D eigenvalue weighted by atomic mass is 32.2. The van der Waals surface area contributed by atoms with Crippen molar-refractivity contribution in [3.63, 3.8) is 0 Å². The third-order valence-corrected chi connectivity index (χ3v) is 14.9. The number of hydrogen-bond donors (Lipinski definition) is 2. The summed E-state index contributed by atoms with van der Waals surface area (Å²) in [7, 11) is -2.68. The lowest BCUT2D eigenvalue weighted by atomic mass is 9.86. The number of fused-ring (bicyclic) bond motifs is 6. The van der Waals surface area contributed by atoms with Crippen LogP contribution in [0.3, 0.4) is 0 Å². The number of anilines is 2. The normalized spacial score (nSPS) is 26.0. The molecule has 0 amide bonds. The largest absolute Gasteiger partial charge is 0.371 e. The summed E-state index contributed by atoms with van der Waals surface area (Å²) in [4.78, 5) is 6.19. The van der Waals surface area contributed by atoms with Gasteiger partial charge in [-0.1, -0.05) is 43.3 Å². The number of nitrogens with one attached hydrogen (secondary N) is 2. The van der Waals surface area contributed by atoms with E-state index in [9.17, 15) is 16.8 Å². The summed E-state index contributed by atoms with van der Waals surface area (Å²) in [5, 5.41) is 7.05. The molecule has 4 heterocycles. The van der Waals surface area contributed by atoms with Crippen LogP contribution in [0, 0.1) is 5.92 Å². The van der Waals surface area contributed by atoms with Crippen LogP contribution in [0.4, 0.5) is 11.4 Å². The first-order valence-electron chi connectivity index (χ1n) is 17.8. The van der Waals surface area contributed by atoms with E-state index >= 15 is 0 Å². The number of likely N-dealkylation sites (N-methyl/N-ethyl adjacent to an activating group) is 2. The van der Waals surface area contributed by atoms with Crippen LogP contribution in [0.1, 0.15) is 56.1 Å². The van der Waals surface area contributed by atoms with Gasteiger partial charge in [0, 0.05) is 55.4 Å². The van der Waals surface area contributed by atoms with Crippen LogP contribution in [-0.2, 0) is 19.7 Å². The summed E-state index contributed by atoms with van der Waals surface area (Å²) in [5.41, 5.74) is 4.72. The van der Waals surface area contributed by atoms with Crippen LogP contribution in [0.25, 0.3) is 0 Å². The van der Waals surface area contributed by atoms with Crippen molar-refractivity contribution in [1.82, 2.24) is 10.6 Å². The average Bonchev–Trinajstić information content (AvgIpc) is 3.33. The molecule has 4 aromatic carbocycles. The van der Waals surface area contributed by atoms with Gasteiger partial charge >= 0.3 is 0 Å². The highest BCUT2D eigenvalue weighted by Gasteiger charge is 2.41. The molecule has 6 atom stereocenters.